The van der Waals surface area contributed by atoms with Crippen LogP contribution in [0.15, 0.2) is 30.3 Å². The first-order valence-corrected chi connectivity index (χ1v) is 10.7. The highest BCUT2D eigenvalue weighted by Crippen LogP contribution is 2.22. The maximum atomic E-state index is 9.90. The van der Waals surface area contributed by atoms with E-state index in [2.05, 4.69) is 20.9 Å². The van der Waals surface area contributed by atoms with Crippen LogP contribution in [0, 0.1) is 0 Å². The second-order valence-corrected chi connectivity index (χ2v) is 7.24. The third-order valence-electron chi connectivity index (χ3n) is 4.78. The molecule has 0 amide bonds. The standard InChI is InChI=1S/C22H37N5O.5ClH/c23-12-1-2-13-24-14-3-4-15-25-16-5-6-17-26-18-20-11-10-19-8-7-9-21(28)22(19)27-20;;;;;/h7-11,24-26,28H,1-6,12-18,23H2;5*1H. The summed E-state index contributed by atoms with van der Waals surface area (Å²) in [5, 5.41) is 21.3. The van der Waals surface area contributed by atoms with Crippen LogP contribution in [0.5, 0.6) is 5.75 Å². The number of unbranched alkanes of at least 4 members (excludes halogenated alkanes) is 3. The number of rotatable bonds is 16. The molecule has 0 saturated heterocycles. The summed E-state index contributed by atoms with van der Waals surface area (Å²) in [6.07, 6.45) is 7.08. The van der Waals surface area contributed by atoms with Gasteiger partial charge in [0.05, 0.1) is 5.69 Å². The van der Waals surface area contributed by atoms with Gasteiger partial charge in [0.2, 0.25) is 0 Å². The quantitative estimate of drug-likeness (QED) is 0.190. The van der Waals surface area contributed by atoms with Gasteiger partial charge in [-0.3, -0.25) is 0 Å². The van der Waals surface area contributed by atoms with Crippen LogP contribution in [0.3, 0.4) is 0 Å². The fraction of sp³-hybridized carbons (Fsp3) is 0.591. The van der Waals surface area contributed by atoms with Crippen molar-refractivity contribution in [1.82, 2.24) is 20.9 Å². The van der Waals surface area contributed by atoms with Gasteiger partial charge in [-0.25, -0.2) is 4.98 Å². The summed E-state index contributed by atoms with van der Waals surface area (Å²) in [6.45, 7) is 6.89. The van der Waals surface area contributed by atoms with Crippen LogP contribution < -0.4 is 21.7 Å². The maximum absolute atomic E-state index is 9.90. The predicted octanol–water partition coefficient (Wildman–Crippen LogP) is 4.62. The molecule has 0 aliphatic heterocycles. The molecule has 0 aliphatic carbocycles. The second-order valence-electron chi connectivity index (χ2n) is 7.24. The Morgan fingerprint density at radius 3 is 1.73 bits per heavy atom. The number of para-hydroxylation sites is 1. The van der Waals surface area contributed by atoms with E-state index >= 15 is 0 Å². The Morgan fingerprint density at radius 1 is 0.667 bits per heavy atom. The van der Waals surface area contributed by atoms with E-state index in [1.807, 2.05) is 24.3 Å². The van der Waals surface area contributed by atoms with E-state index in [0.29, 0.717) is 5.52 Å². The van der Waals surface area contributed by atoms with Gasteiger partial charge in [-0.1, -0.05) is 18.2 Å². The molecule has 1 heterocycles. The van der Waals surface area contributed by atoms with Crippen LogP contribution in [-0.2, 0) is 6.54 Å². The van der Waals surface area contributed by atoms with Gasteiger partial charge in [0.15, 0.2) is 0 Å². The number of pyridine rings is 1. The molecule has 1 aromatic carbocycles. The number of fused-ring (bicyclic) bond motifs is 1. The van der Waals surface area contributed by atoms with E-state index < -0.39 is 0 Å². The van der Waals surface area contributed by atoms with Crippen LogP contribution in [0.1, 0.15) is 44.2 Å². The van der Waals surface area contributed by atoms with Crippen molar-refractivity contribution in [1.29, 1.82) is 0 Å². The molecule has 6 nitrogen and oxygen atoms in total. The third kappa shape index (κ3) is 17.8. The number of benzene rings is 1. The number of aromatic nitrogens is 1. The normalized spacial score (nSPS) is 9.61. The van der Waals surface area contributed by atoms with Crippen LogP contribution in [-0.4, -0.2) is 49.4 Å². The van der Waals surface area contributed by atoms with Crippen LogP contribution >= 0.6 is 62.0 Å². The average Bonchev–Trinajstić information content (AvgIpc) is 2.71. The van der Waals surface area contributed by atoms with Gasteiger partial charge >= 0.3 is 0 Å². The van der Waals surface area contributed by atoms with Gasteiger partial charge in [0.25, 0.3) is 0 Å². The molecule has 1 aromatic heterocycles. The van der Waals surface area contributed by atoms with E-state index in [9.17, 15) is 5.11 Å². The monoisotopic (exact) mass is 567 g/mol. The number of halogens is 5. The van der Waals surface area contributed by atoms with E-state index in [0.717, 1.165) is 69.7 Å². The Labute approximate surface area is 230 Å². The molecule has 33 heavy (non-hydrogen) atoms. The summed E-state index contributed by atoms with van der Waals surface area (Å²) >= 11 is 0. The van der Waals surface area contributed by atoms with Crippen molar-refractivity contribution in [3.8, 4) is 5.75 Å². The Morgan fingerprint density at radius 2 is 1.18 bits per heavy atom. The summed E-state index contributed by atoms with van der Waals surface area (Å²) in [5.41, 5.74) is 7.11. The first-order chi connectivity index (χ1) is 13.8. The number of nitrogens with zero attached hydrogens (tertiary/aromatic N) is 1. The fourth-order valence-electron chi connectivity index (χ4n) is 3.13. The van der Waals surface area contributed by atoms with Crippen molar-refractivity contribution >= 4 is 72.9 Å². The van der Waals surface area contributed by atoms with Gasteiger partial charge in [0, 0.05) is 11.9 Å². The lowest BCUT2D eigenvalue weighted by Crippen LogP contribution is -2.22. The van der Waals surface area contributed by atoms with E-state index in [1.54, 1.807) is 6.07 Å². The number of phenolic OH excluding ortho intramolecular Hbond substituents is 1. The van der Waals surface area contributed by atoms with Crippen LogP contribution in [0.2, 0.25) is 0 Å². The Kier molecular flexibility index (Phi) is 31.8. The smallest absolute Gasteiger partial charge is 0.141 e. The number of nitrogens with two attached hydrogens (primary N) is 1. The zero-order valence-electron chi connectivity index (χ0n) is 19.1. The highest BCUT2D eigenvalue weighted by atomic mass is 35.5. The van der Waals surface area contributed by atoms with Crippen molar-refractivity contribution < 1.29 is 5.11 Å². The Balaban J connectivity index is -0.000000841. The molecule has 0 atom stereocenters. The summed E-state index contributed by atoms with van der Waals surface area (Å²) in [7, 11) is 0. The molecule has 0 saturated carbocycles. The fourth-order valence-corrected chi connectivity index (χ4v) is 3.13. The molecular formula is C22H42Cl5N5O. The number of nitrogens with one attached hydrogen (secondary N) is 3. The summed E-state index contributed by atoms with van der Waals surface area (Å²) in [6, 6.07) is 9.51. The van der Waals surface area contributed by atoms with Crippen molar-refractivity contribution in [2.24, 2.45) is 5.73 Å². The summed E-state index contributed by atoms with van der Waals surface area (Å²) in [4.78, 5) is 4.54. The molecular weight excluding hydrogens is 528 g/mol. The van der Waals surface area contributed by atoms with Gasteiger partial charge in [-0.2, -0.15) is 0 Å². The van der Waals surface area contributed by atoms with Crippen molar-refractivity contribution in [2.45, 2.75) is 45.1 Å². The minimum absolute atomic E-state index is 0. The largest absolute Gasteiger partial charge is 0.506 e. The summed E-state index contributed by atoms with van der Waals surface area (Å²) in [5.74, 6) is 0.243. The molecule has 0 unspecified atom stereocenters. The molecule has 0 radical (unpaired) electrons. The van der Waals surface area contributed by atoms with E-state index in [1.165, 1.54) is 25.7 Å². The van der Waals surface area contributed by atoms with Gasteiger partial charge in [-0.05, 0) is 89.9 Å². The molecule has 2 rings (SSSR count). The molecule has 6 N–H and O–H groups in total. The lowest BCUT2D eigenvalue weighted by Gasteiger charge is -2.08. The molecule has 0 spiro atoms. The Bertz CT molecular complexity index is 685. The molecule has 11 heteroatoms. The first kappa shape index (κ1) is 39.9. The number of phenols is 1. The van der Waals surface area contributed by atoms with Crippen molar-refractivity contribution in [2.75, 3.05) is 39.3 Å². The maximum Gasteiger partial charge on any atom is 0.141 e. The zero-order valence-corrected chi connectivity index (χ0v) is 23.2. The van der Waals surface area contributed by atoms with Gasteiger partial charge in [-0.15, -0.1) is 62.0 Å². The first-order valence-electron chi connectivity index (χ1n) is 10.7. The van der Waals surface area contributed by atoms with Crippen LogP contribution in [0.25, 0.3) is 10.9 Å². The molecule has 2 aromatic rings. The topological polar surface area (TPSA) is 95.2 Å². The van der Waals surface area contributed by atoms with Crippen molar-refractivity contribution in [3.63, 3.8) is 0 Å². The molecule has 196 valence electrons. The number of hydrogen-bond acceptors (Lipinski definition) is 6. The SMILES string of the molecule is Cl.Cl.Cl.Cl.Cl.NCCCCNCCCCNCCCCNCc1ccc2cccc(O)c2n1. The lowest BCUT2D eigenvalue weighted by molar-refractivity contribution is 0.480. The highest BCUT2D eigenvalue weighted by Gasteiger charge is 2.02. The average molecular weight is 570 g/mol. The lowest BCUT2D eigenvalue weighted by atomic mass is 10.2. The minimum Gasteiger partial charge on any atom is -0.506 e. The minimum atomic E-state index is 0. The number of aromatic hydroxyl groups is 1. The number of hydrogen-bond donors (Lipinski definition) is 5. The van der Waals surface area contributed by atoms with Crippen LogP contribution in [0.4, 0.5) is 0 Å². The predicted molar refractivity (Wildman–Crippen MR) is 154 cm³/mol. The molecule has 0 bridgehead atoms. The van der Waals surface area contributed by atoms with E-state index in [-0.39, 0.29) is 67.8 Å². The highest BCUT2D eigenvalue weighted by molar-refractivity contribution is 5.86. The van der Waals surface area contributed by atoms with Crippen molar-refractivity contribution in [3.05, 3.63) is 36.0 Å². The van der Waals surface area contributed by atoms with Gasteiger partial charge < -0.3 is 26.8 Å². The second kappa shape index (κ2) is 26.3. The zero-order chi connectivity index (χ0) is 19.9. The molecule has 0 fully saturated rings. The summed E-state index contributed by atoms with van der Waals surface area (Å²) < 4.78 is 0. The Hall–Kier alpha value is -0.280. The third-order valence-corrected chi connectivity index (χ3v) is 4.78. The van der Waals surface area contributed by atoms with E-state index in [4.69, 9.17) is 5.73 Å². The molecule has 0 aliphatic rings. The van der Waals surface area contributed by atoms with Gasteiger partial charge in [0.1, 0.15) is 11.3 Å².